The summed E-state index contributed by atoms with van der Waals surface area (Å²) in [6.45, 7) is 12.2. The first-order valence-electron chi connectivity index (χ1n) is 13.1. The third-order valence-corrected chi connectivity index (χ3v) is 7.79. The Morgan fingerprint density at radius 3 is 2.24 bits per heavy atom. The average Bonchev–Trinajstić information content (AvgIpc) is 2.82. The number of hydrogen-bond donors (Lipinski definition) is 1. The minimum absolute atomic E-state index is 0.0124. The standard InChI is InChI=1S/C29H43N3O4S/c1-8-24(6)30-29(34)26(9-2)31(20-25-13-10-12-21(3)18-25)28(33)14-11-17-32(37(7,35)36)27-19-22(4)15-16-23(27)5/h10,12-13,15-16,18-19,24,26H,8-9,11,14,17,20H2,1-7H3,(H,30,34)/t24-,26-/m0/s1. The van der Waals surface area contributed by atoms with Crippen LogP contribution in [0.25, 0.3) is 0 Å². The molecule has 1 N–H and O–H groups in total. The van der Waals surface area contributed by atoms with Crippen molar-refractivity contribution in [2.45, 2.75) is 85.9 Å². The highest BCUT2D eigenvalue weighted by Gasteiger charge is 2.29. The van der Waals surface area contributed by atoms with Crippen LogP contribution < -0.4 is 9.62 Å². The Morgan fingerprint density at radius 1 is 0.973 bits per heavy atom. The number of nitrogens with one attached hydrogen (secondary N) is 1. The van der Waals surface area contributed by atoms with Crippen LogP contribution in [-0.4, -0.2) is 50.0 Å². The van der Waals surface area contributed by atoms with Crippen LogP contribution in [0.15, 0.2) is 42.5 Å². The molecule has 0 saturated heterocycles. The number of benzene rings is 2. The molecule has 0 unspecified atom stereocenters. The Labute approximate surface area is 223 Å². The molecule has 204 valence electrons. The van der Waals surface area contributed by atoms with Crippen molar-refractivity contribution >= 4 is 27.5 Å². The van der Waals surface area contributed by atoms with Crippen molar-refractivity contribution in [3.05, 3.63) is 64.7 Å². The molecule has 0 aliphatic carbocycles. The highest BCUT2D eigenvalue weighted by atomic mass is 32.2. The largest absolute Gasteiger partial charge is 0.352 e. The van der Waals surface area contributed by atoms with Gasteiger partial charge in [0.15, 0.2) is 0 Å². The van der Waals surface area contributed by atoms with Crippen LogP contribution in [0.2, 0.25) is 0 Å². The van der Waals surface area contributed by atoms with Crippen molar-refractivity contribution in [2.75, 3.05) is 17.1 Å². The molecular weight excluding hydrogens is 486 g/mol. The quantitative estimate of drug-likeness (QED) is 0.401. The molecular formula is C29H43N3O4S. The molecule has 2 atom stereocenters. The van der Waals surface area contributed by atoms with Gasteiger partial charge in [-0.25, -0.2) is 8.42 Å². The van der Waals surface area contributed by atoms with E-state index < -0.39 is 16.1 Å². The Morgan fingerprint density at radius 2 is 1.65 bits per heavy atom. The van der Waals surface area contributed by atoms with E-state index in [1.807, 2.05) is 84.0 Å². The molecule has 0 aromatic heterocycles. The van der Waals surface area contributed by atoms with Crippen LogP contribution >= 0.6 is 0 Å². The molecule has 2 aromatic carbocycles. The molecule has 37 heavy (non-hydrogen) atoms. The number of rotatable bonds is 13. The zero-order chi connectivity index (χ0) is 27.8. The summed E-state index contributed by atoms with van der Waals surface area (Å²) in [5.74, 6) is -0.326. The smallest absolute Gasteiger partial charge is 0.243 e. The predicted octanol–water partition coefficient (Wildman–Crippen LogP) is 4.88. The van der Waals surface area contributed by atoms with Crippen LogP contribution in [-0.2, 0) is 26.2 Å². The van der Waals surface area contributed by atoms with Crippen molar-refractivity contribution in [3.63, 3.8) is 0 Å². The highest BCUT2D eigenvalue weighted by Crippen LogP contribution is 2.25. The number of aryl methyl sites for hydroxylation is 3. The summed E-state index contributed by atoms with van der Waals surface area (Å²) in [6, 6.07) is 13.0. The molecule has 0 heterocycles. The number of carbonyl (C=O) groups excluding carboxylic acids is 2. The average molecular weight is 530 g/mol. The molecule has 0 bridgehead atoms. The normalized spacial score (nSPS) is 13.1. The fourth-order valence-electron chi connectivity index (χ4n) is 4.34. The van der Waals surface area contributed by atoms with Crippen molar-refractivity contribution in [3.8, 4) is 0 Å². The minimum atomic E-state index is -3.54. The number of amides is 2. The first-order chi connectivity index (χ1) is 17.4. The maximum atomic E-state index is 13.6. The van der Waals surface area contributed by atoms with E-state index in [1.165, 1.54) is 10.6 Å². The summed E-state index contributed by atoms with van der Waals surface area (Å²) in [7, 11) is -3.54. The molecule has 0 saturated carbocycles. The summed E-state index contributed by atoms with van der Waals surface area (Å²) >= 11 is 0. The van der Waals surface area contributed by atoms with Gasteiger partial charge in [0.05, 0.1) is 11.9 Å². The van der Waals surface area contributed by atoms with Gasteiger partial charge in [-0.05, 0) is 69.7 Å². The van der Waals surface area contributed by atoms with Gasteiger partial charge in [0.2, 0.25) is 21.8 Å². The first kappa shape index (κ1) is 30.4. The third-order valence-electron chi connectivity index (χ3n) is 6.61. The van der Waals surface area contributed by atoms with E-state index in [0.717, 1.165) is 28.7 Å². The number of anilines is 1. The van der Waals surface area contributed by atoms with Crippen molar-refractivity contribution in [1.82, 2.24) is 10.2 Å². The minimum Gasteiger partial charge on any atom is -0.352 e. The summed E-state index contributed by atoms with van der Waals surface area (Å²) in [5.41, 5.74) is 4.49. The maximum Gasteiger partial charge on any atom is 0.243 e. The second-order valence-electron chi connectivity index (χ2n) is 9.98. The van der Waals surface area contributed by atoms with Crippen LogP contribution in [0.3, 0.4) is 0 Å². The molecule has 7 nitrogen and oxygen atoms in total. The van der Waals surface area contributed by atoms with Crippen molar-refractivity contribution in [1.29, 1.82) is 0 Å². The van der Waals surface area contributed by atoms with Gasteiger partial charge in [0.25, 0.3) is 0 Å². The van der Waals surface area contributed by atoms with Gasteiger partial charge in [0.1, 0.15) is 6.04 Å². The fourth-order valence-corrected chi connectivity index (χ4v) is 5.35. The van der Waals surface area contributed by atoms with E-state index in [4.69, 9.17) is 0 Å². The maximum absolute atomic E-state index is 13.6. The molecule has 2 amide bonds. The van der Waals surface area contributed by atoms with Crippen LogP contribution in [0.5, 0.6) is 0 Å². The lowest BCUT2D eigenvalue weighted by molar-refractivity contribution is -0.141. The van der Waals surface area contributed by atoms with Gasteiger partial charge < -0.3 is 10.2 Å². The zero-order valence-corrected chi connectivity index (χ0v) is 24.2. The topological polar surface area (TPSA) is 86.8 Å². The lowest BCUT2D eigenvalue weighted by Crippen LogP contribution is -2.50. The monoisotopic (exact) mass is 529 g/mol. The Kier molecular flexibility index (Phi) is 11.2. The van der Waals surface area contributed by atoms with Gasteiger partial charge in [0, 0.05) is 25.6 Å². The van der Waals surface area contributed by atoms with Crippen LogP contribution in [0, 0.1) is 20.8 Å². The van der Waals surface area contributed by atoms with Crippen molar-refractivity contribution < 1.29 is 18.0 Å². The van der Waals surface area contributed by atoms with E-state index in [0.29, 0.717) is 25.1 Å². The second-order valence-corrected chi connectivity index (χ2v) is 11.9. The van der Waals surface area contributed by atoms with E-state index in [2.05, 4.69) is 5.32 Å². The van der Waals surface area contributed by atoms with E-state index >= 15 is 0 Å². The molecule has 8 heteroatoms. The molecule has 0 aliphatic rings. The second kappa shape index (κ2) is 13.6. The number of nitrogens with zero attached hydrogens (tertiary/aromatic N) is 2. The summed E-state index contributed by atoms with van der Waals surface area (Å²) in [6.07, 6.45) is 2.95. The SMILES string of the molecule is CC[C@H](C)NC(=O)[C@H](CC)N(Cc1cccc(C)c1)C(=O)CCCN(c1cc(C)ccc1C)S(C)(=O)=O. The van der Waals surface area contributed by atoms with E-state index in [-0.39, 0.29) is 30.8 Å². The summed E-state index contributed by atoms with van der Waals surface area (Å²) in [5, 5.41) is 3.02. The molecule has 2 rings (SSSR count). The lowest BCUT2D eigenvalue weighted by Gasteiger charge is -2.32. The summed E-state index contributed by atoms with van der Waals surface area (Å²) in [4.78, 5) is 28.3. The Bertz CT molecular complexity index is 1180. The molecule has 0 spiro atoms. The molecule has 0 fully saturated rings. The number of carbonyl (C=O) groups is 2. The van der Waals surface area contributed by atoms with Crippen LogP contribution in [0.4, 0.5) is 5.69 Å². The number of sulfonamides is 1. The Balaban J connectivity index is 2.26. The van der Waals surface area contributed by atoms with E-state index in [9.17, 15) is 18.0 Å². The van der Waals surface area contributed by atoms with Gasteiger partial charge in [-0.2, -0.15) is 0 Å². The predicted molar refractivity (Wildman–Crippen MR) is 151 cm³/mol. The van der Waals surface area contributed by atoms with Crippen LogP contribution in [0.1, 0.15) is 68.7 Å². The fraction of sp³-hybridized carbons (Fsp3) is 0.517. The zero-order valence-electron chi connectivity index (χ0n) is 23.4. The summed E-state index contributed by atoms with van der Waals surface area (Å²) < 4.78 is 26.6. The molecule has 0 radical (unpaired) electrons. The van der Waals surface area contributed by atoms with Gasteiger partial charge >= 0.3 is 0 Å². The molecule has 2 aromatic rings. The molecule has 0 aliphatic heterocycles. The van der Waals surface area contributed by atoms with Gasteiger partial charge in [-0.1, -0.05) is 55.8 Å². The van der Waals surface area contributed by atoms with Gasteiger partial charge in [-0.15, -0.1) is 0 Å². The lowest BCUT2D eigenvalue weighted by atomic mass is 10.1. The first-order valence-corrected chi connectivity index (χ1v) is 14.9. The Hall–Kier alpha value is -2.87. The highest BCUT2D eigenvalue weighted by molar-refractivity contribution is 7.92. The van der Waals surface area contributed by atoms with E-state index in [1.54, 1.807) is 4.90 Å². The van der Waals surface area contributed by atoms with Gasteiger partial charge in [-0.3, -0.25) is 13.9 Å². The third kappa shape index (κ3) is 8.88. The van der Waals surface area contributed by atoms with Crippen molar-refractivity contribution in [2.24, 2.45) is 0 Å². The number of hydrogen-bond acceptors (Lipinski definition) is 4.